The van der Waals surface area contributed by atoms with Gasteiger partial charge in [-0.2, -0.15) is 13.2 Å². The van der Waals surface area contributed by atoms with Gasteiger partial charge in [-0.15, -0.1) is 0 Å². The summed E-state index contributed by atoms with van der Waals surface area (Å²) in [6, 6.07) is 6.53. The van der Waals surface area contributed by atoms with Gasteiger partial charge < -0.3 is 15.5 Å². The zero-order valence-electron chi connectivity index (χ0n) is 23.8. The van der Waals surface area contributed by atoms with Gasteiger partial charge in [-0.25, -0.2) is 23.4 Å². The van der Waals surface area contributed by atoms with Crippen molar-refractivity contribution in [1.29, 1.82) is 0 Å². The number of nitrogens with zero attached hydrogens (tertiary/aromatic N) is 4. The van der Waals surface area contributed by atoms with Crippen molar-refractivity contribution in [2.24, 2.45) is 0 Å². The molecule has 2 atom stereocenters. The first-order valence-electron chi connectivity index (χ1n) is 13.5. The Morgan fingerprint density at radius 3 is 2.57 bits per heavy atom. The number of pyridine rings is 1. The first kappa shape index (κ1) is 31.2. The second-order valence-corrected chi connectivity index (χ2v) is 12.2. The lowest BCUT2D eigenvalue weighted by Gasteiger charge is -2.38. The molecule has 0 spiro atoms. The van der Waals surface area contributed by atoms with E-state index in [2.05, 4.69) is 30.3 Å². The maximum Gasteiger partial charge on any atom is 0.416 e. The topological polar surface area (TPSA) is 129 Å². The number of alkyl halides is 3. The number of aromatic nitrogens is 3. The van der Waals surface area contributed by atoms with Crippen LogP contribution >= 0.6 is 0 Å². The van der Waals surface area contributed by atoms with Gasteiger partial charge in [0.15, 0.2) is 0 Å². The van der Waals surface area contributed by atoms with Crippen molar-refractivity contribution in [2.45, 2.75) is 64.8 Å². The molecule has 3 heterocycles. The first-order valence-corrected chi connectivity index (χ1v) is 15.4. The minimum atomic E-state index is -4.41. The number of aryl methyl sites for hydroxylation is 2. The van der Waals surface area contributed by atoms with E-state index in [1.54, 1.807) is 24.1 Å². The maximum atomic E-state index is 13.2. The van der Waals surface area contributed by atoms with E-state index < -0.39 is 21.8 Å². The summed E-state index contributed by atoms with van der Waals surface area (Å²) in [5.41, 5.74) is 2.30. The van der Waals surface area contributed by atoms with Crippen LogP contribution in [0.4, 0.5) is 30.6 Å². The zero-order chi connectivity index (χ0) is 30.7. The van der Waals surface area contributed by atoms with Gasteiger partial charge >= 0.3 is 6.18 Å². The van der Waals surface area contributed by atoms with E-state index in [1.807, 2.05) is 13.8 Å². The second kappa shape index (κ2) is 12.6. The van der Waals surface area contributed by atoms with Crippen LogP contribution in [0, 0.1) is 6.92 Å². The molecule has 1 aliphatic heterocycles. The standard InChI is InChI=1S/C28H34F3N7O3S/c1-5-19-15-34-27(35-23-7-6-21(12-17(23)2)28(29,30)31)36-24(19)16-33-22-9-11-38(18(3)13-22)26(39)20-8-10-32-25(14-20)37-42(4,40)41/h6-8,10,12,14-15,18,22,33H,5,9,11,13,16H2,1-4H3,(H,32,37)(H,34,35,36)/t18-,22+/m1/s1. The van der Waals surface area contributed by atoms with Crippen LogP contribution < -0.4 is 15.4 Å². The third-order valence-corrected chi connectivity index (χ3v) is 7.71. The van der Waals surface area contributed by atoms with E-state index in [1.165, 1.54) is 18.3 Å². The summed E-state index contributed by atoms with van der Waals surface area (Å²) in [5, 5.41) is 6.57. The largest absolute Gasteiger partial charge is 0.416 e. The number of nitrogens with one attached hydrogen (secondary N) is 3. The van der Waals surface area contributed by atoms with Crippen molar-refractivity contribution < 1.29 is 26.4 Å². The van der Waals surface area contributed by atoms with Gasteiger partial charge in [-0.3, -0.25) is 9.52 Å². The van der Waals surface area contributed by atoms with E-state index in [-0.39, 0.29) is 23.8 Å². The molecule has 1 fully saturated rings. The van der Waals surface area contributed by atoms with Crippen molar-refractivity contribution in [3.8, 4) is 0 Å². The Kier molecular flexibility index (Phi) is 9.36. The van der Waals surface area contributed by atoms with Crippen molar-refractivity contribution >= 4 is 33.4 Å². The molecule has 1 aliphatic rings. The molecule has 42 heavy (non-hydrogen) atoms. The van der Waals surface area contributed by atoms with Crippen LogP contribution in [0.2, 0.25) is 0 Å². The number of hydrogen-bond donors (Lipinski definition) is 3. The molecule has 14 heteroatoms. The summed E-state index contributed by atoms with van der Waals surface area (Å²) in [6.45, 7) is 6.54. The summed E-state index contributed by atoms with van der Waals surface area (Å²) in [6.07, 6.45) is 1.84. The zero-order valence-corrected chi connectivity index (χ0v) is 24.6. The van der Waals surface area contributed by atoms with Crippen LogP contribution in [0.3, 0.4) is 0 Å². The Labute approximate surface area is 243 Å². The molecule has 1 aromatic carbocycles. The van der Waals surface area contributed by atoms with Crippen LogP contribution in [-0.4, -0.2) is 59.1 Å². The summed E-state index contributed by atoms with van der Waals surface area (Å²) in [4.78, 5) is 27.9. The van der Waals surface area contributed by atoms with Gasteiger partial charge in [-0.1, -0.05) is 6.92 Å². The highest BCUT2D eigenvalue weighted by molar-refractivity contribution is 7.92. The number of piperidine rings is 1. The lowest BCUT2D eigenvalue weighted by Crippen LogP contribution is -2.49. The number of carbonyl (C=O) groups is 1. The highest BCUT2D eigenvalue weighted by atomic mass is 32.2. The Hall–Kier alpha value is -3.78. The Balaban J connectivity index is 1.38. The fourth-order valence-electron chi connectivity index (χ4n) is 4.93. The lowest BCUT2D eigenvalue weighted by molar-refractivity contribution is -0.137. The minimum absolute atomic E-state index is 0.0702. The van der Waals surface area contributed by atoms with Gasteiger partial charge in [0.25, 0.3) is 5.91 Å². The fraction of sp³-hybridized carbons (Fsp3) is 0.429. The summed E-state index contributed by atoms with van der Waals surface area (Å²) in [5.74, 6) is 0.187. The van der Waals surface area contributed by atoms with Crippen LogP contribution in [0.25, 0.3) is 0 Å². The Morgan fingerprint density at radius 2 is 1.93 bits per heavy atom. The highest BCUT2D eigenvalue weighted by Gasteiger charge is 2.31. The number of sulfonamides is 1. The number of carbonyl (C=O) groups excluding carboxylic acids is 1. The molecule has 0 bridgehead atoms. The van der Waals surface area contributed by atoms with Gasteiger partial charge in [0.2, 0.25) is 16.0 Å². The summed E-state index contributed by atoms with van der Waals surface area (Å²) >= 11 is 0. The predicted molar refractivity (Wildman–Crippen MR) is 154 cm³/mol. The van der Waals surface area contributed by atoms with Gasteiger partial charge in [0.05, 0.1) is 17.5 Å². The van der Waals surface area contributed by atoms with E-state index in [9.17, 15) is 26.4 Å². The number of halogens is 3. The molecule has 2 aromatic heterocycles. The molecule has 0 radical (unpaired) electrons. The van der Waals surface area contributed by atoms with Gasteiger partial charge in [0, 0.05) is 48.8 Å². The van der Waals surface area contributed by atoms with Crippen molar-refractivity contribution in [2.75, 3.05) is 22.8 Å². The molecule has 1 saturated heterocycles. The SMILES string of the molecule is CCc1cnc(Nc2ccc(C(F)(F)F)cc2C)nc1CN[C@H]1CCN(C(=O)c2ccnc(NS(C)(=O)=O)c2)[C@H](C)C1. The molecule has 3 N–H and O–H groups in total. The Bertz CT molecular complexity index is 1550. The maximum absolute atomic E-state index is 13.2. The van der Waals surface area contributed by atoms with E-state index >= 15 is 0 Å². The number of rotatable bonds is 9. The van der Waals surface area contributed by atoms with Crippen molar-refractivity contribution in [1.82, 2.24) is 25.2 Å². The van der Waals surface area contributed by atoms with Gasteiger partial charge in [-0.05, 0) is 74.6 Å². The number of benzene rings is 1. The average Bonchev–Trinajstić information content (AvgIpc) is 2.91. The fourth-order valence-corrected chi connectivity index (χ4v) is 5.42. The van der Waals surface area contributed by atoms with E-state index in [4.69, 9.17) is 0 Å². The molecule has 1 amide bonds. The number of hydrogen-bond acceptors (Lipinski definition) is 8. The molecule has 4 rings (SSSR count). The quantitative estimate of drug-likeness (QED) is 0.321. The Morgan fingerprint density at radius 1 is 1.17 bits per heavy atom. The first-order chi connectivity index (χ1) is 19.7. The van der Waals surface area contributed by atoms with Crippen LogP contribution in [0.1, 0.15) is 59.4 Å². The highest BCUT2D eigenvalue weighted by Crippen LogP contribution is 2.32. The van der Waals surface area contributed by atoms with Crippen LogP contribution in [0.15, 0.2) is 42.7 Å². The van der Waals surface area contributed by atoms with Crippen LogP contribution in [0.5, 0.6) is 0 Å². The number of amides is 1. The number of anilines is 3. The number of likely N-dealkylation sites (tertiary alicyclic amines) is 1. The third-order valence-electron chi connectivity index (χ3n) is 7.13. The molecular weight excluding hydrogens is 571 g/mol. The normalized spacial score (nSPS) is 17.6. The molecule has 0 saturated carbocycles. The smallest absolute Gasteiger partial charge is 0.336 e. The average molecular weight is 606 g/mol. The van der Waals surface area contributed by atoms with Crippen molar-refractivity contribution in [3.05, 3.63) is 70.7 Å². The van der Waals surface area contributed by atoms with Crippen LogP contribution in [-0.2, 0) is 29.2 Å². The van der Waals surface area contributed by atoms with E-state index in [0.717, 1.165) is 29.6 Å². The van der Waals surface area contributed by atoms with Crippen molar-refractivity contribution in [3.63, 3.8) is 0 Å². The summed E-state index contributed by atoms with van der Waals surface area (Å²) in [7, 11) is -3.52. The van der Waals surface area contributed by atoms with Gasteiger partial charge in [0.1, 0.15) is 5.82 Å². The lowest BCUT2D eigenvalue weighted by atomic mass is 9.97. The predicted octanol–water partition coefficient (Wildman–Crippen LogP) is 4.66. The molecule has 10 nitrogen and oxygen atoms in total. The molecule has 0 unspecified atom stereocenters. The summed E-state index contributed by atoms with van der Waals surface area (Å²) < 4.78 is 64.5. The molecule has 3 aromatic rings. The van der Waals surface area contributed by atoms with E-state index in [0.29, 0.717) is 55.1 Å². The molecular formula is C28H34F3N7O3S. The molecule has 226 valence electrons. The minimum Gasteiger partial charge on any atom is -0.336 e. The molecule has 0 aliphatic carbocycles. The second-order valence-electron chi connectivity index (χ2n) is 10.4. The third kappa shape index (κ3) is 7.94. The monoisotopic (exact) mass is 605 g/mol.